The van der Waals surface area contributed by atoms with Gasteiger partial charge in [0.1, 0.15) is 0 Å². The van der Waals surface area contributed by atoms with Gasteiger partial charge in [0.25, 0.3) is 0 Å². The molecule has 16 heavy (non-hydrogen) atoms. The maximum atomic E-state index is 11.2. The lowest BCUT2D eigenvalue weighted by atomic mass is 10.0. The van der Waals surface area contributed by atoms with Crippen LogP contribution in [0.1, 0.15) is 17.8 Å². The number of nitrogens with one attached hydrogen (secondary N) is 2. The van der Waals surface area contributed by atoms with Crippen molar-refractivity contribution in [3.63, 3.8) is 0 Å². The number of carbonyl (C=O) groups is 1. The van der Waals surface area contributed by atoms with Gasteiger partial charge in [0, 0.05) is 10.6 Å². The number of aliphatic carboxylic acids is 1. The molecule has 0 saturated heterocycles. The summed E-state index contributed by atoms with van der Waals surface area (Å²) in [4.78, 5) is 12.1. The van der Waals surface area contributed by atoms with Crippen molar-refractivity contribution < 1.29 is 9.90 Å². The molecule has 1 aliphatic heterocycles. The molecular formula is C10H10N2O2S2. The van der Waals surface area contributed by atoms with Crippen LogP contribution in [-0.4, -0.2) is 16.2 Å². The number of thiocarbonyl (C=S) groups is 1. The highest BCUT2D eigenvalue weighted by molar-refractivity contribution is 7.80. The summed E-state index contributed by atoms with van der Waals surface area (Å²) in [7, 11) is 0. The van der Waals surface area contributed by atoms with E-state index in [1.54, 1.807) is 6.92 Å². The highest BCUT2D eigenvalue weighted by Crippen LogP contribution is 2.29. The Balaban J connectivity index is 2.46. The molecule has 0 spiro atoms. The van der Waals surface area contributed by atoms with Crippen LogP contribution >= 0.6 is 23.6 Å². The van der Waals surface area contributed by atoms with Gasteiger partial charge < -0.3 is 15.7 Å². The lowest BCUT2D eigenvalue weighted by Gasteiger charge is -2.27. The zero-order chi connectivity index (χ0) is 11.7. The van der Waals surface area contributed by atoms with Crippen LogP contribution in [0, 0.1) is 0 Å². The number of hydrogen-bond acceptors (Lipinski definition) is 3. The predicted molar refractivity (Wildman–Crippen MR) is 66.3 cm³/mol. The summed E-state index contributed by atoms with van der Waals surface area (Å²) >= 11 is 6.54. The third kappa shape index (κ3) is 1.94. The molecule has 0 fully saturated rings. The maximum absolute atomic E-state index is 11.2. The summed E-state index contributed by atoms with van der Waals surface area (Å²) in [5, 5.41) is 17.4. The van der Waals surface area contributed by atoms with Crippen LogP contribution in [0.25, 0.3) is 0 Å². The van der Waals surface area contributed by atoms with E-state index in [2.05, 4.69) is 10.6 Å². The van der Waals surface area contributed by atoms with Crippen molar-refractivity contribution in [2.75, 3.05) is 0 Å². The molecule has 1 atom stereocenters. The third-order valence-electron chi connectivity index (χ3n) is 2.33. The van der Waals surface area contributed by atoms with E-state index >= 15 is 0 Å². The third-order valence-corrected chi connectivity index (χ3v) is 3.48. The standard InChI is InChI=1S/C10H10N2O2S2/c1-5-7(9(13)14)8(12-10(15)11-5)6-3-2-4-16-6/h2-4,8H,1H3,(H,13,14)(H2,11,12,15). The summed E-state index contributed by atoms with van der Waals surface area (Å²) < 4.78 is 0. The van der Waals surface area contributed by atoms with Gasteiger partial charge in [-0.3, -0.25) is 0 Å². The summed E-state index contributed by atoms with van der Waals surface area (Å²) in [6.45, 7) is 1.72. The van der Waals surface area contributed by atoms with Gasteiger partial charge in [-0.2, -0.15) is 0 Å². The van der Waals surface area contributed by atoms with Gasteiger partial charge in [0.2, 0.25) is 0 Å². The first kappa shape index (κ1) is 11.1. The number of rotatable bonds is 2. The van der Waals surface area contributed by atoms with Crippen LogP contribution in [0.4, 0.5) is 0 Å². The van der Waals surface area contributed by atoms with Crippen molar-refractivity contribution in [2.45, 2.75) is 13.0 Å². The van der Waals surface area contributed by atoms with Crippen LogP contribution in [-0.2, 0) is 4.79 Å². The quantitative estimate of drug-likeness (QED) is 0.700. The van der Waals surface area contributed by atoms with Gasteiger partial charge in [0.15, 0.2) is 5.11 Å². The van der Waals surface area contributed by atoms with E-state index in [1.807, 2.05) is 17.5 Å². The molecule has 3 N–H and O–H groups in total. The maximum Gasteiger partial charge on any atom is 0.335 e. The van der Waals surface area contributed by atoms with E-state index in [-0.39, 0.29) is 6.04 Å². The molecular weight excluding hydrogens is 244 g/mol. The Hall–Kier alpha value is -1.40. The normalized spacial score (nSPS) is 20.3. The van der Waals surface area contributed by atoms with Gasteiger partial charge in [-0.05, 0) is 30.6 Å². The first-order chi connectivity index (χ1) is 7.59. The highest BCUT2D eigenvalue weighted by Gasteiger charge is 2.29. The molecule has 2 rings (SSSR count). The zero-order valence-corrected chi connectivity index (χ0v) is 10.1. The lowest BCUT2D eigenvalue weighted by molar-refractivity contribution is -0.133. The number of thiophene rings is 1. The molecule has 0 saturated carbocycles. The highest BCUT2D eigenvalue weighted by atomic mass is 32.1. The second-order valence-electron chi connectivity index (χ2n) is 3.39. The van der Waals surface area contributed by atoms with Crippen LogP contribution in [0.15, 0.2) is 28.8 Å². The summed E-state index contributed by atoms with van der Waals surface area (Å²) in [5.74, 6) is -0.932. The lowest BCUT2D eigenvalue weighted by Crippen LogP contribution is -2.44. The number of carboxylic acids is 1. The first-order valence-corrected chi connectivity index (χ1v) is 5.93. The Morgan fingerprint density at radius 3 is 2.94 bits per heavy atom. The predicted octanol–water partition coefficient (Wildman–Crippen LogP) is 1.63. The average Bonchev–Trinajstić information content (AvgIpc) is 2.67. The molecule has 1 unspecified atom stereocenters. The SMILES string of the molecule is CC1=C(C(=O)O)C(c2cccs2)NC(=S)N1. The van der Waals surface area contributed by atoms with Crippen molar-refractivity contribution in [1.82, 2.24) is 10.6 Å². The second kappa shape index (κ2) is 4.23. The molecule has 2 heterocycles. The Morgan fingerprint density at radius 1 is 1.62 bits per heavy atom. The van der Waals surface area contributed by atoms with Crippen LogP contribution in [0.3, 0.4) is 0 Å². The van der Waals surface area contributed by atoms with E-state index in [1.165, 1.54) is 11.3 Å². The number of carboxylic acid groups (broad SMARTS) is 1. The Bertz CT molecular complexity index is 465. The van der Waals surface area contributed by atoms with Crippen LogP contribution < -0.4 is 10.6 Å². The zero-order valence-electron chi connectivity index (χ0n) is 8.48. The molecule has 0 aromatic carbocycles. The molecule has 0 bridgehead atoms. The van der Waals surface area contributed by atoms with Crippen molar-refractivity contribution in [2.24, 2.45) is 0 Å². The number of allylic oxidation sites excluding steroid dienone is 1. The van der Waals surface area contributed by atoms with E-state index in [0.717, 1.165) is 4.88 Å². The molecule has 84 valence electrons. The van der Waals surface area contributed by atoms with Gasteiger partial charge in [-0.1, -0.05) is 6.07 Å². The summed E-state index contributed by atoms with van der Waals surface area (Å²) in [6, 6.07) is 3.43. The van der Waals surface area contributed by atoms with E-state index in [4.69, 9.17) is 12.2 Å². The number of hydrogen-bond donors (Lipinski definition) is 3. The van der Waals surface area contributed by atoms with Crippen LogP contribution in [0.5, 0.6) is 0 Å². The molecule has 6 heteroatoms. The van der Waals surface area contributed by atoms with Crippen LogP contribution in [0.2, 0.25) is 0 Å². The van der Waals surface area contributed by atoms with Crippen molar-refractivity contribution >= 4 is 34.6 Å². The second-order valence-corrected chi connectivity index (χ2v) is 4.78. The van der Waals surface area contributed by atoms with Gasteiger partial charge >= 0.3 is 5.97 Å². The topological polar surface area (TPSA) is 61.4 Å². The summed E-state index contributed by atoms with van der Waals surface area (Å²) in [5.41, 5.74) is 0.908. The minimum absolute atomic E-state index is 0.316. The van der Waals surface area contributed by atoms with Gasteiger partial charge in [0.05, 0.1) is 11.6 Å². The molecule has 1 aliphatic rings. The first-order valence-electron chi connectivity index (χ1n) is 4.64. The Morgan fingerprint density at radius 2 is 2.38 bits per heavy atom. The molecule has 0 radical (unpaired) electrons. The van der Waals surface area contributed by atoms with E-state index in [0.29, 0.717) is 16.4 Å². The van der Waals surface area contributed by atoms with E-state index in [9.17, 15) is 9.90 Å². The van der Waals surface area contributed by atoms with Crippen molar-refractivity contribution in [3.8, 4) is 0 Å². The fraction of sp³-hybridized carbons (Fsp3) is 0.200. The largest absolute Gasteiger partial charge is 0.478 e. The fourth-order valence-corrected chi connectivity index (χ4v) is 2.70. The molecule has 4 nitrogen and oxygen atoms in total. The molecule has 1 aromatic rings. The van der Waals surface area contributed by atoms with Crippen molar-refractivity contribution in [3.05, 3.63) is 33.7 Å². The minimum Gasteiger partial charge on any atom is -0.478 e. The average molecular weight is 254 g/mol. The fourth-order valence-electron chi connectivity index (χ4n) is 1.65. The van der Waals surface area contributed by atoms with Gasteiger partial charge in [-0.15, -0.1) is 11.3 Å². The molecule has 0 aliphatic carbocycles. The molecule has 1 aromatic heterocycles. The van der Waals surface area contributed by atoms with Gasteiger partial charge in [-0.25, -0.2) is 4.79 Å². The van der Waals surface area contributed by atoms with E-state index < -0.39 is 5.97 Å². The Labute approximate surface area is 102 Å². The summed E-state index contributed by atoms with van der Waals surface area (Å²) in [6.07, 6.45) is 0. The smallest absolute Gasteiger partial charge is 0.335 e. The van der Waals surface area contributed by atoms with Crippen molar-refractivity contribution in [1.29, 1.82) is 0 Å². The monoisotopic (exact) mass is 254 g/mol. The Kier molecular flexibility index (Phi) is 2.93. The minimum atomic E-state index is -0.932. The molecule has 0 amide bonds.